The van der Waals surface area contributed by atoms with Crippen LogP contribution in [0.3, 0.4) is 0 Å². The zero-order chi connectivity index (χ0) is 21.3. The largest absolute Gasteiger partial charge is 0.461 e. The second-order valence-corrected chi connectivity index (χ2v) is 7.54. The smallest absolute Gasteiger partial charge is 0.428 e. The molecule has 0 unspecified atom stereocenters. The number of benzene rings is 2. The molecule has 0 spiro atoms. The molecular formula is C18H15BrClF4NO3. The summed E-state index contributed by atoms with van der Waals surface area (Å²) in [7, 11) is 0. The highest BCUT2D eigenvalue weighted by molar-refractivity contribution is 9.08. The fourth-order valence-electron chi connectivity index (χ4n) is 2.57. The summed E-state index contributed by atoms with van der Waals surface area (Å²) in [5, 5.41) is 11.5. The molecule has 10 heteroatoms. The zero-order valence-corrected chi connectivity index (χ0v) is 17.0. The van der Waals surface area contributed by atoms with E-state index in [4.69, 9.17) is 11.6 Å². The highest BCUT2D eigenvalue weighted by atomic mass is 79.9. The Morgan fingerprint density at radius 3 is 2.29 bits per heavy atom. The summed E-state index contributed by atoms with van der Waals surface area (Å²) in [6, 6.07) is 8.10. The van der Waals surface area contributed by atoms with Gasteiger partial charge in [0.1, 0.15) is 5.75 Å². The Hall–Kier alpha value is -1.87. The lowest BCUT2D eigenvalue weighted by molar-refractivity contribution is -0.384. The average Bonchev–Trinajstić information content (AvgIpc) is 2.60. The van der Waals surface area contributed by atoms with Gasteiger partial charge in [0.25, 0.3) is 5.69 Å². The lowest BCUT2D eigenvalue weighted by Gasteiger charge is -2.28. The topological polar surface area (TPSA) is 52.4 Å². The van der Waals surface area contributed by atoms with Gasteiger partial charge >= 0.3 is 12.5 Å². The summed E-state index contributed by atoms with van der Waals surface area (Å²) in [6.45, 7) is 3.40. The predicted molar refractivity (Wildman–Crippen MR) is 101 cm³/mol. The summed E-state index contributed by atoms with van der Waals surface area (Å²) in [6.07, 6.45) is -8.64. The summed E-state index contributed by atoms with van der Waals surface area (Å²) in [4.78, 5) is 10.5. The number of hydrogen-bond donors (Lipinski definition) is 0. The summed E-state index contributed by atoms with van der Waals surface area (Å²) < 4.78 is 55.9. The number of halogens is 6. The van der Waals surface area contributed by atoms with Crippen LogP contribution in [0, 0.1) is 10.1 Å². The minimum Gasteiger partial charge on any atom is -0.428 e. The lowest BCUT2D eigenvalue weighted by Crippen LogP contribution is -2.33. The fourth-order valence-corrected chi connectivity index (χ4v) is 3.12. The van der Waals surface area contributed by atoms with Crippen molar-refractivity contribution in [2.45, 2.75) is 37.1 Å². The third kappa shape index (κ3) is 4.94. The maximum Gasteiger partial charge on any atom is 0.461 e. The van der Waals surface area contributed by atoms with E-state index < -0.39 is 28.6 Å². The number of nitrogens with zero attached hydrogens (tertiary/aromatic N) is 1. The van der Waals surface area contributed by atoms with Crippen molar-refractivity contribution in [3.63, 3.8) is 0 Å². The van der Waals surface area contributed by atoms with Crippen molar-refractivity contribution in [1.82, 2.24) is 0 Å². The standard InChI is InChI=1S/C18H15BrClF4NO3/c1-17(2,12-5-13(20)8-14(6-12)25(26)27)11-3-10(9-19)4-15(7-11)28-18(23,24)16(21)22/h3-8,16H,9H2,1-2H3. The molecule has 0 radical (unpaired) electrons. The van der Waals surface area contributed by atoms with Gasteiger partial charge in [0, 0.05) is 27.9 Å². The second-order valence-electron chi connectivity index (χ2n) is 6.54. The van der Waals surface area contributed by atoms with Gasteiger partial charge < -0.3 is 4.74 Å². The van der Waals surface area contributed by atoms with E-state index in [-0.39, 0.29) is 16.0 Å². The first-order chi connectivity index (χ1) is 12.9. The van der Waals surface area contributed by atoms with Gasteiger partial charge in [-0.25, -0.2) is 0 Å². The van der Waals surface area contributed by atoms with Gasteiger partial charge in [0.15, 0.2) is 0 Å². The Kier molecular flexibility index (Phi) is 6.60. The van der Waals surface area contributed by atoms with Crippen molar-refractivity contribution in [2.24, 2.45) is 0 Å². The first-order valence-electron chi connectivity index (χ1n) is 7.87. The number of nitro benzene ring substituents is 1. The van der Waals surface area contributed by atoms with Crippen LogP contribution in [0.4, 0.5) is 23.2 Å². The average molecular weight is 485 g/mol. The zero-order valence-electron chi connectivity index (χ0n) is 14.7. The lowest BCUT2D eigenvalue weighted by atomic mass is 9.77. The molecule has 152 valence electrons. The number of ether oxygens (including phenoxy) is 1. The van der Waals surface area contributed by atoms with E-state index in [0.29, 0.717) is 16.7 Å². The Bertz CT molecular complexity index is 893. The maximum absolute atomic E-state index is 13.3. The van der Waals surface area contributed by atoms with Crippen LogP contribution in [0.15, 0.2) is 36.4 Å². The fraction of sp³-hybridized carbons (Fsp3) is 0.333. The van der Waals surface area contributed by atoms with E-state index in [1.54, 1.807) is 19.9 Å². The molecule has 0 saturated carbocycles. The van der Waals surface area contributed by atoms with Gasteiger partial charge in [0.05, 0.1) is 4.92 Å². The van der Waals surface area contributed by atoms with Gasteiger partial charge in [-0.2, -0.15) is 17.6 Å². The molecule has 0 atom stereocenters. The van der Waals surface area contributed by atoms with Crippen molar-refractivity contribution < 1.29 is 27.2 Å². The summed E-state index contributed by atoms with van der Waals surface area (Å²) >= 11 is 9.18. The number of non-ortho nitro benzene ring substituents is 1. The number of rotatable bonds is 7. The molecule has 0 aliphatic rings. The third-order valence-corrected chi connectivity index (χ3v) is 5.03. The van der Waals surface area contributed by atoms with Crippen LogP contribution in [-0.4, -0.2) is 17.5 Å². The Morgan fingerprint density at radius 2 is 1.75 bits per heavy atom. The molecule has 0 bridgehead atoms. The van der Waals surface area contributed by atoms with Crippen LogP contribution in [0.1, 0.15) is 30.5 Å². The van der Waals surface area contributed by atoms with Gasteiger partial charge in [-0.05, 0) is 34.9 Å². The SMILES string of the molecule is CC(C)(c1cc(CBr)cc(OC(F)(F)C(F)F)c1)c1cc(Cl)cc([N+](=O)[O-])c1. The molecule has 2 aromatic carbocycles. The van der Waals surface area contributed by atoms with Crippen molar-refractivity contribution in [2.75, 3.05) is 0 Å². The molecule has 0 aliphatic heterocycles. The van der Waals surface area contributed by atoms with E-state index in [0.717, 1.165) is 0 Å². The monoisotopic (exact) mass is 483 g/mol. The Morgan fingerprint density at radius 1 is 1.14 bits per heavy atom. The first-order valence-corrected chi connectivity index (χ1v) is 9.37. The first kappa shape index (κ1) is 22.4. The molecule has 4 nitrogen and oxygen atoms in total. The van der Waals surface area contributed by atoms with E-state index in [2.05, 4.69) is 20.7 Å². The van der Waals surface area contributed by atoms with Crippen LogP contribution in [0.25, 0.3) is 0 Å². The molecule has 0 aliphatic carbocycles. The highest BCUT2D eigenvalue weighted by Gasteiger charge is 2.44. The third-order valence-electron chi connectivity index (χ3n) is 4.17. The molecule has 28 heavy (non-hydrogen) atoms. The van der Waals surface area contributed by atoms with Gasteiger partial charge in [-0.15, -0.1) is 0 Å². The molecule has 2 aromatic rings. The van der Waals surface area contributed by atoms with Crippen LogP contribution in [0.5, 0.6) is 5.75 Å². The number of alkyl halides is 5. The van der Waals surface area contributed by atoms with Crippen LogP contribution < -0.4 is 4.74 Å². The van der Waals surface area contributed by atoms with Crippen LogP contribution in [-0.2, 0) is 10.7 Å². The second kappa shape index (κ2) is 8.24. The van der Waals surface area contributed by atoms with E-state index in [1.165, 1.54) is 30.3 Å². The van der Waals surface area contributed by atoms with E-state index in [1.807, 2.05) is 0 Å². The van der Waals surface area contributed by atoms with Crippen molar-refractivity contribution in [3.8, 4) is 5.75 Å². The molecule has 0 fully saturated rings. The van der Waals surface area contributed by atoms with Gasteiger partial charge in [-0.3, -0.25) is 10.1 Å². The van der Waals surface area contributed by atoms with Crippen molar-refractivity contribution in [3.05, 3.63) is 68.2 Å². The van der Waals surface area contributed by atoms with E-state index >= 15 is 0 Å². The molecule has 0 heterocycles. The van der Waals surface area contributed by atoms with Gasteiger partial charge in [-0.1, -0.05) is 47.4 Å². The van der Waals surface area contributed by atoms with Crippen molar-refractivity contribution >= 4 is 33.2 Å². The number of hydrogen-bond acceptors (Lipinski definition) is 3. The molecule has 0 saturated heterocycles. The van der Waals surface area contributed by atoms with E-state index in [9.17, 15) is 27.7 Å². The molecule has 2 rings (SSSR count). The minimum absolute atomic E-state index is 0.134. The summed E-state index contributed by atoms with van der Waals surface area (Å²) in [5.41, 5.74) is 0.229. The Balaban J connectivity index is 2.56. The van der Waals surface area contributed by atoms with Crippen LogP contribution in [0.2, 0.25) is 5.02 Å². The quantitative estimate of drug-likeness (QED) is 0.190. The highest BCUT2D eigenvalue weighted by Crippen LogP contribution is 2.38. The molecule has 0 amide bonds. The van der Waals surface area contributed by atoms with Gasteiger partial charge in [0.2, 0.25) is 0 Å². The maximum atomic E-state index is 13.3. The summed E-state index contributed by atoms with van der Waals surface area (Å²) in [5.74, 6) is -0.443. The number of nitro groups is 1. The molecular weight excluding hydrogens is 470 g/mol. The predicted octanol–water partition coefficient (Wildman–Crippen LogP) is 6.71. The van der Waals surface area contributed by atoms with Crippen LogP contribution >= 0.6 is 27.5 Å². The minimum atomic E-state index is -4.65. The molecule has 0 N–H and O–H groups in total. The normalized spacial score (nSPS) is 12.3. The van der Waals surface area contributed by atoms with Crippen molar-refractivity contribution in [1.29, 1.82) is 0 Å². The molecule has 0 aromatic heterocycles. The Labute approximate surface area is 171 Å².